The Balaban J connectivity index is 4.66. The van der Waals surface area contributed by atoms with Crippen LogP contribution in [0.15, 0.2) is 16.6 Å². The van der Waals surface area contributed by atoms with Gasteiger partial charge in [0.25, 0.3) is 0 Å². The summed E-state index contributed by atoms with van der Waals surface area (Å²) in [6, 6.07) is 0.809. The van der Waals surface area contributed by atoms with Crippen molar-refractivity contribution in [2.24, 2.45) is 0 Å². The summed E-state index contributed by atoms with van der Waals surface area (Å²) in [5.41, 5.74) is 2.59. The maximum absolute atomic E-state index is 11.3. The molecule has 7 nitrogen and oxygen atoms in total. The van der Waals surface area contributed by atoms with Crippen molar-refractivity contribution in [1.29, 1.82) is 0 Å². The smallest absolute Gasteiger partial charge is 0.374 e. The van der Waals surface area contributed by atoms with Crippen LogP contribution >= 0.6 is 11.8 Å². The molecule has 0 saturated carbocycles. The Labute approximate surface area is 206 Å². The summed E-state index contributed by atoms with van der Waals surface area (Å²) in [6.07, 6.45) is 4.59. The van der Waals surface area contributed by atoms with E-state index in [0.29, 0.717) is 31.4 Å². The minimum atomic E-state index is -2.61. The Bertz CT molecular complexity index is 626. The van der Waals surface area contributed by atoms with E-state index in [1.807, 2.05) is 38.5 Å². The van der Waals surface area contributed by atoms with Crippen molar-refractivity contribution in [3.63, 3.8) is 0 Å². The standard InChI is InChI=1S/C23H41NO6SSi2/c1-5-9-13-24(14-11-20-33(28-6-2,29-7-3)30-8-4)22-31-17-10-12-23(21-27)32(18-15-25)19-16-26/h18-19,32H,5-14,17,20,22H2,1-4H3. The fraction of sp³-hybridized carbons (Fsp3) is 0.739. The van der Waals surface area contributed by atoms with Crippen molar-refractivity contribution in [2.45, 2.75) is 65.8 Å². The molecule has 0 radical (unpaired) electrons. The topological polar surface area (TPSA) is 82.1 Å². The normalized spacial score (nSPS) is 12.0. The van der Waals surface area contributed by atoms with Gasteiger partial charge in [-0.2, -0.15) is 0 Å². The monoisotopic (exact) mass is 515 g/mol. The molecule has 0 bridgehead atoms. The van der Waals surface area contributed by atoms with Crippen LogP contribution in [0.1, 0.15) is 59.8 Å². The van der Waals surface area contributed by atoms with Gasteiger partial charge in [0.2, 0.25) is 0 Å². The number of hydrogen-bond donors (Lipinski definition) is 0. The van der Waals surface area contributed by atoms with Crippen molar-refractivity contribution >= 4 is 47.2 Å². The van der Waals surface area contributed by atoms with Gasteiger partial charge < -0.3 is 13.3 Å². The largest absolute Gasteiger partial charge is 0.500 e. The first-order valence-corrected chi connectivity index (χ1v) is 16.9. The van der Waals surface area contributed by atoms with E-state index in [4.69, 9.17) is 13.3 Å². The summed E-state index contributed by atoms with van der Waals surface area (Å²) >= 11 is 1.83. The zero-order chi connectivity index (χ0) is 24.8. The average Bonchev–Trinajstić information content (AvgIpc) is 2.80. The van der Waals surface area contributed by atoms with Crippen LogP contribution in [0.3, 0.4) is 0 Å². The first-order valence-electron chi connectivity index (χ1n) is 11.9. The zero-order valence-electron chi connectivity index (χ0n) is 20.7. The molecule has 188 valence electrons. The highest BCUT2D eigenvalue weighted by Crippen LogP contribution is 2.20. The van der Waals surface area contributed by atoms with Gasteiger partial charge in [0, 0.05) is 36.9 Å². The highest BCUT2D eigenvalue weighted by atomic mass is 32.2. The Morgan fingerprint density at radius 2 is 1.48 bits per heavy atom. The molecule has 0 aromatic carbocycles. The number of nitrogens with zero attached hydrogens (tertiary/aromatic N) is 1. The van der Waals surface area contributed by atoms with E-state index >= 15 is 0 Å². The van der Waals surface area contributed by atoms with Gasteiger partial charge in [-0.25, -0.2) is 14.4 Å². The molecule has 0 spiro atoms. The van der Waals surface area contributed by atoms with Crippen molar-refractivity contribution in [3.8, 4) is 0 Å². The maximum Gasteiger partial charge on any atom is 0.500 e. The number of hydrogen-bond acceptors (Lipinski definition) is 8. The van der Waals surface area contributed by atoms with Crippen LogP contribution < -0.4 is 0 Å². The summed E-state index contributed by atoms with van der Waals surface area (Å²) in [5.74, 6) is 7.13. The van der Waals surface area contributed by atoms with Gasteiger partial charge in [0.05, 0.1) is 0 Å². The molecule has 0 fully saturated rings. The van der Waals surface area contributed by atoms with Gasteiger partial charge in [-0.05, 0) is 76.7 Å². The molecule has 0 amide bonds. The Hall–Kier alpha value is -1.03. The minimum absolute atomic E-state index is 0.522. The lowest BCUT2D eigenvalue weighted by Gasteiger charge is -2.29. The fourth-order valence-corrected chi connectivity index (χ4v) is 8.44. The molecular formula is C23H41NO6SSi2. The van der Waals surface area contributed by atoms with E-state index in [1.165, 1.54) is 11.4 Å². The molecule has 10 heteroatoms. The number of rotatable bonds is 22. The summed E-state index contributed by atoms with van der Waals surface area (Å²) in [5, 5.41) is 0.522. The third-order valence-corrected chi connectivity index (χ3v) is 11.4. The molecule has 33 heavy (non-hydrogen) atoms. The first kappa shape index (κ1) is 32.0. The molecule has 0 aromatic heterocycles. The van der Waals surface area contributed by atoms with Crippen molar-refractivity contribution in [3.05, 3.63) is 16.6 Å². The SMILES string of the molecule is CCCCN(CCC[Si](OCC)(OCC)OCC)CSCCCC(=C=O)[SiH](C=C=O)C=C=O. The number of allylic oxidation sites excluding steroid dienone is 1. The van der Waals surface area contributed by atoms with Crippen LogP contribution in [-0.2, 0) is 27.7 Å². The molecule has 0 aliphatic carbocycles. The van der Waals surface area contributed by atoms with E-state index in [1.54, 1.807) is 11.9 Å². The van der Waals surface area contributed by atoms with Gasteiger partial charge in [-0.1, -0.05) is 13.3 Å². The zero-order valence-corrected chi connectivity index (χ0v) is 23.7. The van der Waals surface area contributed by atoms with Crippen LogP contribution in [0.5, 0.6) is 0 Å². The van der Waals surface area contributed by atoms with Crippen molar-refractivity contribution in [2.75, 3.05) is 44.5 Å². The van der Waals surface area contributed by atoms with E-state index in [2.05, 4.69) is 11.8 Å². The van der Waals surface area contributed by atoms with Crippen LogP contribution in [0.4, 0.5) is 0 Å². The third kappa shape index (κ3) is 14.8. The fourth-order valence-electron chi connectivity index (χ4n) is 3.38. The second kappa shape index (κ2) is 21.5. The third-order valence-electron chi connectivity index (χ3n) is 4.92. The van der Waals surface area contributed by atoms with E-state index in [-0.39, 0.29) is 0 Å². The van der Waals surface area contributed by atoms with Gasteiger partial charge in [0.15, 0.2) is 8.80 Å². The molecule has 0 aromatic rings. The molecular weight excluding hydrogens is 474 g/mol. The van der Waals surface area contributed by atoms with Crippen LogP contribution in [-0.4, -0.2) is 84.9 Å². The van der Waals surface area contributed by atoms with E-state index in [9.17, 15) is 14.4 Å². The molecule has 0 atom stereocenters. The van der Waals surface area contributed by atoms with Crippen LogP contribution in [0.2, 0.25) is 6.04 Å². The molecule has 0 N–H and O–H groups in total. The van der Waals surface area contributed by atoms with E-state index in [0.717, 1.165) is 56.4 Å². The number of thioether (sulfide) groups is 1. The van der Waals surface area contributed by atoms with Gasteiger partial charge in [-0.15, -0.1) is 11.8 Å². The highest BCUT2D eigenvalue weighted by Gasteiger charge is 2.39. The molecule has 0 rings (SSSR count). The average molecular weight is 516 g/mol. The van der Waals surface area contributed by atoms with Gasteiger partial charge >= 0.3 is 8.80 Å². The molecule has 0 heterocycles. The van der Waals surface area contributed by atoms with E-state index < -0.39 is 17.6 Å². The second-order valence-electron chi connectivity index (χ2n) is 7.42. The second-order valence-corrected chi connectivity index (χ2v) is 13.6. The number of carbonyl (C=O) groups excluding carboxylic acids is 3. The lowest BCUT2D eigenvalue weighted by atomic mass is 10.3. The molecule has 0 unspecified atom stereocenters. The van der Waals surface area contributed by atoms with Gasteiger partial charge in [0.1, 0.15) is 17.8 Å². The predicted octanol–water partition coefficient (Wildman–Crippen LogP) is 3.38. The van der Waals surface area contributed by atoms with Crippen molar-refractivity contribution < 1.29 is 27.7 Å². The Morgan fingerprint density at radius 1 is 0.909 bits per heavy atom. The Kier molecular flexibility index (Phi) is 20.8. The Morgan fingerprint density at radius 3 is 1.97 bits per heavy atom. The quantitative estimate of drug-likeness (QED) is 0.0939. The summed E-state index contributed by atoms with van der Waals surface area (Å²) in [6.45, 7) is 11.9. The first-order chi connectivity index (χ1) is 16.1. The number of unbranched alkanes of at least 4 members (excludes halogenated alkanes) is 1. The molecule has 0 aliphatic heterocycles. The summed E-state index contributed by atoms with van der Waals surface area (Å²) in [7, 11) is -4.75. The molecule has 0 saturated heterocycles. The summed E-state index contributed by atoms with van der Waals surface area (Å²) in [4.78, 5) is 35.0. The maximum atomic E-state index is 11.3. The van der Waals surface area contributed by atoms with Crippen molar-refractivity contribution in [1.82, 2.24) is 4.90 Å². The lowest BCUT2D eigenvalue weighted by molar-refractivity contribution is 0.0701. The lowest BCUT2D eigenvalue weighted by Crippen LogP contribution is -2.46. The van der Waals surface area contributed by atoms with Crippen LogP contribution in [0.25, 0.3) is 0 Å². The van der Waals surface area contributed by atoms with Crippen LogP contribution in [0, 0.1) is 0 Å². The minimum Gasteiger partial charge on any atom is -0.374 e. The highest BCUT2D eigenvalue weighted by molar-refractivity contribution is 7.99. The summed E-state index contributed by atoms with van der Waals surface area (Å²) < 4.78 is 17.9. The predicted molar refractivity (Wildman–Crippen MR) is 140 cm³/mol. The molecule has 0 aliphatic rings. The van der Waals surface area contributed by atoms with Gasteiger partial charge in [-0.3, -0.25) is 4.90 Å².